The molecule has 0 aromatic heterocycles. The largest absolute Gasteiger partial charge is 0.573 e. The lowest BCUT2D eigenvalue weighted by molar-refractivity contribution is -0.274. The average molecular weight is 299 g/mol. The number of halogens is 3. The molecule has 0 radical (unpaired) electrons. The van der Waals surface area contributed by atoms with Gasteiger partial charge in [0.2, 0.25) is 0 Å². The Morgan fingerprint density at radius 3 is 2.25 bits per heavy atom. The summed E-state index contributed by atoms with van der Waals surface area (Å²) in [5, 5.41) is 0. The number of anilines is 1. The number of hydrogen-bond donors (Lipinski definition) is 1. The van der Waals surface area contributed by atoms with Crippen LogP contribution in [-0.2, 0) is 0 Å². The molecule has 0 aliphatic carbocycles. The van der Waals surface area contributed by atoms with Gasteiger partial charge in [-0.3, -0.25) is 0 Å². The van der Waals surface area contributed by atoms with Gasteiger partial charge in [-0.15, -0.1) is 13.2 Å². The molecule has 0 fully saturated rings. The Morgan fingerprint density at radius 2 is 1.70 bits per heavy atom. The van der Waals surface area contributed by atoms with Crippen molar-refractivity contribution >= 4 is 17.4 Å². The first-order valence-electron chi connectivity index (χ1n) is 5.73. The van der Waals surface area contributed by atoms with E-state index in [1.54, 1.807) is 18.2 Å². The number of aryl methyl sites for hydroxylation is 1. The Kier molecular flexibility index (Phi) is 4.13. The second-order valence-corrected chi connectivity index (χ2v) is 5.26. The molecule has 0 aliphatic heterocycles. The number of nitrogen functional groups attached to an aromatic ring is 1. The zero-order chi connectivity index (χ0) is 14.8. The molecule has 106 valence electrons. The minimum absolute atomic E-state index is 0.226. The van der Waals surface area contributed by atoms with E-state index in [-0.39, 0.29) is 5.75 Å². The first-order chi connectivity index (χ1) is 9.33. The number of hydrogen-bond acceptors (Lipinski definition) is 3. The highest BCUT2D eigenvalue weighted by Gasteiger charge is 2.30. The molecule has 0 unspecified atom stereocenters. The van der Waals surface area contributed by atoms with Gasteiger partial charge in [0.05, 0.1) is 0 Å². The summed E-state index contributed by atoms with van der Waals surface area (Å²) in [5.74, 6) is -0.226. The maximum absolute atomic E-state index is 12.0. The van der Waals surface area contributed by atoms with Crippen molar-refractivity contribution in [1.82, 2.24) is 0 Å². The van der Waals surface area contributed by atoms with Gasteiger partial charge < -0.3 is 10.5 Å². The summed E-state index contributed by atoms with van der Waals surface area (Å²) in [6.07, 6.45) is -4.66. The number of alkyl halides is 3. The van der Waals surface area contributed by atoms with Crippen LogP contribution in [0.1, 0.15) is 5.56 Å². The number of ether oxygens (including phenoxy) is 1. The van der Waals surface area contributed by atoms with Gasteiger partial charge in [-0.1, -0.05) is 11.8 Å². The summed E-state index contributed by atoms with van der Waals surface area (Å²) in [6.45, 7) is 1.93. The minimum Gasteiger partial charge on any atom is -0.406 e. The molecule has 0 amide bonds. The van der Waals surface area contributed by atoms with Crippen molar-refractivity contribution < 1.29 is 17.9 Å². The summed E-state index contributed by atoms with van der Waals surface area (Å²) in [6, 6.07) is 11.3. The molecular formula is C14H12F3NOS. The van der Waals surface area contributed by atoms with Gasteiger partial charge in [0.15, 0.2) is 0 Å². The standard InChI is InChI=1S/C14H12F3NOS/c1-9-8-10(18)2-7-13(9)20-12-5-3-11(4-6-12)19-14(15,16)17/h2-8H,18H2,1H3. The highest BCUT2D eigenvalue weighted by molar-refractivity contribution is 7.99. The SMILES string of the molecule is Cc1cc(N)ccc1Sc1ccc(OC(F)(F)F)cc1. The molecule has 0 aliphatic rings. The molecule has 0 spiro atoms. The molecule has 2 N–H and O–H groups in total. The fraction of sp³-hybridized carbons (Fsp3) is 0.143. The van der Waals surface area contributed by atoms with E-state index >= 15 is 0 Å². The van der Waals surface area contributed by atoms with Crippen LogP contribution in [-0.4, -0.2) is 6.36 Å². The lowest BCUT2D eigenvalue weighted by Crippen LogP contribution is -2.16. The van der Waals surface area contributed by atoms with Crippen LogP contribution in [0.5, 0.6) is 5.75 Å². The smallest absolute Gasteiger partial charge is 0.406 e. The van der Waals surface area contributed by atoms with Crippen LogP contribution < -0.4 is 10.5 Å². The van der Waals surface area contributed by atoms with E-state index in [4.69, 9.17) is 5.73 Å². The van der Waals surface area contributed by atoms with Gasteiger partial charge in [0.25, 0.3) is 0 Å². The van der Waals surface area contributed by atoms with Gasteiger partial charge in [0.1, 0.15) is 5.75 Å². The van der Waals surface area contributed by atoms with Crippen molar-refractivity contribution in [3.8, 4) is 5.75 Å². The number of nitrogens with two attached hydrogens (primary N) is 1. The third-order valence-corrected chi connectivity index (χ3v) is 3.67. The number of benzene rings is 2. The number of rotatable bonds is 3. The molecule has 0 atom stereocenters. The summed E-state index contributed by atoms with van der Waals surface area (Å²) in [7, 11) is 0. The van der Waals surface area contributed by atoms with Gasteiger partial charge in [0, 0.05) is 15.5 Å². The Morgan fingerprint density at radius 1 is 1.05 bits per heavy atom. The van der Waals surface area contributed by atoms with Crippen LogP contribution in [0.15, 0.2) is 52.3 Å². The van der Waals surface area contributed by atoms with E-state index in [9.17, 15) is 13.2 Å². The van der Waals surface area contributed by atoms with Crippen LogP contribution in [0.4, 0.5) is 18.9 Å². The van der Waals surface area contributed by atoms with E-state index in [1.807, 2.05) is 19.1 Å². The van der Waals surface area contributed by atoms with Gasteiger partial charge >= 0.3 is 6.36 Å². The van der Waals surface area contributed by atoms with Crippen molar-refractivity contribution in [2.45, 2.75) is 23.1 Å². The van der Waals surface area contributed by atoms with Crippen LogP contribution >= 0.6 is 11.8 Å². The average Bonchev–Trinajstić information content (AvgIpc) is 2.33. The van der Waals surface area contributed by atoms with Crippen LogP contribution in [0.2, 0.25) is 0 Å². The Labute approximate surface area is 118 Å². The molecule has 20 heavy (non-hydrogen) atoms. The second kappa shape index (κ2) is 5.66. The zero-order valence-electron chi connectivity index (χ0n) is 10.6. The predicted octanol–water partition coefficient (Wildman–Crippen LogP) is 4.63. The maximum Gasteiger partial charge on any atom is 0.573 e. The van der Waals surface area contributed by atoms with E-state index in [0.29, 0.717) is 5.69 Å². The summed E-state index contributed by atoms with van der Waals surface area (Å²) in [5.41, 5.74) is 7.37. The third-order valence-electron chi connectivity index (χ3n) is 2.48. The molecular weight excluding hydrogens is 287 g/mol. The molecule has 6 heteroatoms. The quantitative estimate of drug-likeness (QED) is 0.839. The molecule has 2 rings (SSSR count). The molecule has 0 saturated carbocycles. The molecule has 0 bridgehead atoms. The fourth-order valence-corrected chi connectivity index (χ4v) is 2.51. The third kappa shape index (κ3) is 4.09. The van der Waals surface area contributed by atoms with E-state index in [2.05, 4.69) is 4.74 Å². The van der Waals surface area contributed by atoms with Crippen LogP contribution in [0.3, 0.4) is 0 Å². The van der Waals surface area contributed by atoms with Crippen LogP contribution in [0.25, 0.3) is 0 Å². The minimum atomic E-state index is -4.66. The summed E-state index contributed by atoms with van der Waals surface area (Å²) in [4.78, 5) is 1.83. The Bertz CT molecular complexity index is 596. The summed E-state index contributed by atoms with van der Waals surface area (Å²) >= 11 is 1.46. The van der Waals surface area contributed by atoms with E-state index < -0.39 is 6.36 Å². The van der Waals surface area contributed by atoms with Gasteiger partial charge in [-0.05, 0) is 55.0 Å². The fourth-order valence-electron chi connectivity index (χ4n) is 1.62. The van der Waals surface area contributed by atoms with Crippen molar-refractivity contribution in [3.63, 3.8) is 0 Å². The zero-order valence-corrected chi connectivity index (χ0v) is 11.4. The second-order valence-electron chi connectivity index (χ2n) is 4.15. The Balaban J connectivity index is 2.11. The monoisotopic (exact) mass is 299 g/mol. The first kappa shape index (κ1) is 14.6. The lowest BCUT2D eigenvalue weighted by atomic mass is 10.2. The Hall–Kier alpha value is -1.82. The van der Waals surface area contributed by atoms with Crippen molar-refractivity contribution in [1.29, 1.82) is 0 Å². The molecule has 2 aromatic carbocycles. The van der Waals surface area contributed by atoms with Crippen LogP contribution in [0, 0.1) is 6.92 Å². The highest BCUT2D eigenvalue weighted by Crippen LogP contribution is 2.33. The normalized spacial score (nSPS) is 11.4. The van der Waals surface area contributed by atoms with Gasteiger partial charge in [-0.25, -0.2) is 0 Å². The maximum atomic E-state index is 12.0. The molecule has 2 aromatic rings. The lowest BCUT2D eigenvalue weighted by Gasteiger charge is -2.10. The highest BCUT2D eigenvalue weighted by atomic mass is 32.2. The summed E-state index contributed by atoms with van der Waals surface area (Å²) < 4.78 is 39.9. The van der Waals surface area contributed by atoms with Crippen molar-refractivity contribution in [2.24, 2.45) is 0 Å². The molecule has 0 heterocycles. The topological polar surface area (TPSA) is 35.2 Å². The molecule has 0 saturated heterocycles. The van der Waals surface area contributed by atoms with Crippen molar-refractivity contribution in [2.75, 3.05) is 5.73 Å². The van der Waals surface area contributed by atoms with E-state index in [0.717, 1.165) is 15.4 Å². The van der Waals surface area contributed by atoms with E-state index in [1.165, 1.54) is 23.9 Å². The first-order valence-corrected chi connectivity index (χ1v) is 6.55. The molecule has 2 nitrogen and oxygen atoms in total. The van der Waals surface area contributed by atoms with Gasteiger partial charge in [-0.2, -0.15) is 0 Å². The van der Waals surface area contributed by atoms with Crippen molar-refractivity contribution in [3.05, 3.63) is 48.0 Å². The predicted molar refractivity (Wildman–Crippen MR) is 72.8 cm³/mol.